The normalized spacial score (nSPS) is 10.7. The lowest BCUT2D eigenvalue weighted by atomic mass is 10.1. The van der Waals surface area contributed by atoms with Crippen LogP contribution in [0.1, 0.15) is 5.56 Å². The number of hydrogen-bond acceptors (Lipinski definition) is 4. The molecular weight excluding hydrogens is 278 g/mol. The van der Waals surface area contributed by atoms with Crippen molar-refractivity contribution in [3.8, 4) is 0 Å². The van der Waals surface area contributed by atoms with Crippen LogP contribution in [0, 0.1) is 0 Å². The van der Waals surface area contributed by atoms with Crippen molar-refractivity contribution in [2.24, 2.45) is 0 Å². The van der Waals surface area contributed by atoms with Gasteiger partial charge < -0.3 is 5.32 Å². The Morgan fingerprint density at radius 2 is 1.90 bits per heavy atom. The Labute approximate surface area is 128 Å². The maximum absolute atomic E-state index is 4.19. The summed E-state index contributed by atoms with van der Waals surface area (Å²) in [6, 6.07) is 15.1. The van der Waals surface area contributed by atoms with Gasteiger partial charge in [0.1, 0.15) is 5.82 Å². The van der Waals surface area contributed by atoms with Gasteiger partial charge in [-0.15, -0.1) is 0 Å². The first-order valence-corrected chi connectivity index (χ1v) is 8.13. The van der Waals surface area contributed by atoms with E-state index in [2.05, 4.69) is 57.7 Å². The van der Waals surface area contributed by atoms with Crippen molar-refractivity contribution in [3.63, 3.8) is 0 Å². The molecule has 3 rings (SSSR count). The Morgan fingerprint density at radius 1 is 1.00 bits per heavy atom. The van der Waals surface area contributed by atoms with Crippen LogP contribution >= 0.6 is 11.8 Å². The fourth-order valence-electron chi connectivity index (χ4n) is 2.24. The van der Waals surface area contributed by atoms with Crippen LogP contribution in [0.5, 0.6) is 0 Å². The smallest absolute Gasteiger partial charge is 0.144 e. The third-order valence-corrected chi connectivity index (χ3v) is 4.26. The van der Waals surface area contributed by atoms with Crippen molar-refractivity contribution in [2.45, 2.75) is 5.75 Å². The predicted octanol–water partition coefficient (Wildman–Crippen LogP) is 3.98. The lowest BCUT2D eigenvalue weighted by Gasteiger charge is -2.07. The Bertz CT molecular complexity index is 695. The van der Waals surface area contributed by atoms with Gasteiger partial charge in [-0.25, -0.2) is 4.98 Å². The maximum Gasteiger partial charge on any atom is 0.144 e. The summed E-state index contributed by atoms with van der Waals surface area (Å²) >= 11 is 1.93. The summed E-state index contributed by atoms with van der Waals surface area (Å²) in [5, 5.41) is 5.94. The van der Waals surface area contributed by atoms with Gasteiger partial charge in [0, 0.05) is 30.4 Å². The quantitative estimate of drug-likeness (QED) is 0.698. The van der Waals surface area contributed by atoms with Crippen LogP contribution in [0.2, 0.25) is 0 Å². The summed E-state index contributed by atoms with van der Waals surface area (Å²) in [6.07, 6.45) is 5.13. The summed E-state index contributed by atoms with van der Waals surface area (Å²) < 4.78 is 0. The SMILES string of the molecule is c1ccc2c(CSCCNc3cnccn3)cccc2c1. The van der Waals surface area contributed by atoms with Crippen LogP contribution in [-0.2, 0) is 5.75 Å². The van der Waals surface area contributed by atoms with Gasteiger partial charge in [0.2, 0.25) is 0 Å². The zero-order valence-corrected chi connectivity index (χ0v) is 12.5. The zero-order valence-electron chi connectivity index (χ0n) is 11.7. The van der Waals surface area contributed by atoms with Crippen LogP contribution in [-0.4, -0.2) is 22.3 Å². The monoisotopic (exact) mass is 295 g/mol. The van der Waals surface area contributed by atoms with Gasteiger partial charge in [-0.3, -0.25) is 4.98 Å². The average molecular weight is 295 g/mol. The van der Waals surface area contributed by atoms with Gasteiger partial charge in [-0.05, 0) is 16.3 Å². The maximum atomic E-state index is 4.19. The molecule has 0 bridgehead atoms. The molecule has 1 N–H and O–H groups in total. The van der Waals surface area contributed by atoms with Crippen molar-refractivity contribution in [2.75, 3.05) is 17.6 Å². The van der Waals surface area contributed by atoms with Gasteiger partial charge in [0.15, 0.2) is 0 Å². The van der Waals surface area contributed by atoms with Crippen molar-refractivity contribution in [1.82, 2.24) is 9.97 Å². The van der Waals surface area contributed by atoms with Gasteiger partial charge in [-0.1, -0.05) is 42.5 Å². The zero-order chi connectivity index (χ0) is 14.3. The number of rotatable bonds is 6. The van der Waals surface area contributed by atoms with E-state index in [4.69, 9.17) is 0 Å². The Morgan fingerprint density at radius 3 is 2.81 bits per heavy atom. The summed E-state index contributed by atoms with van der Waals surface area (Å²) in [4.78, 5) is 8.23. The molecule has 0 saturated heterocycles. The van der Waals surface area contributed by atoms with E-state index in [1.165, 1.54) is 16.3 Å². The van der Waals surface area contributed by atoms with E-state index in [1.54, 1.807) is 18.6 Å². The fourth-order valence-corrected chi connectivity index (χ4v) is 3.10. The van der Waals surface area contributed by atoms with E-state index in [-0.39, 0.29) is 0 Å². The molecule has 0 aliphatic heterocycles. The van der Waals surface area contributed by atoms with Crippen LogP contribution in [0.15, 0.2) is 61.1 Å². The molecule has 3 nitrogen and oxygen atoms in total. The molecule has 3 aromatic rings. The van der Waals surface area contributed by atoms with E-state index in [1.807, 2.05) is 11.8 Å². The van der Waals surface area contributed by atoms with Crippen LogP contribution in [0.25, 0.3) is 10.8 Å². The number of thioether (sulfide) groups is 1. The molecule has 21 heavy (non-hydrogen) atoms. The molecule has 0 atom stereocenters. The second-order valence-corrected chi connectivity index (χ2v) is 5.81. The molecule has 2 aromatic carbocycles. The van der Waals surface area contributed by atoms with Gasteiger partial charge in [0.05, 0.1) is 6.20 Å². The van der Waals surface area contributed by atoms with Gasteiger partial charge >= 0.3 is 0 Å². The van der Waals surface area contributed by atoms with Gasteiger partial charge in [0.25, 0.3) is 0 Å². The van der Waals surface area contributed by atoms with E-state index in [9.17, 15) is 0 Å². The molecule has 0 unspecified atom stereocenters. The molecule has 1 aromatic heterocycles. The Balaban J connectivity index is 1.51. The predicted molar refractivity (Wildman–Crippen MR) is 90.6 cm³/mol. The fraction of sp³-hybridized carbons (Fsp3) is 0.176. The van der Waals surface area contributed by atoms with Crippen molar-refractivity contribution >= 4 is 28.4 Å². The van der Waals surface area contributed by atoms with Crippen LogP contribution < -0.4 is 5.32 Å². The van der Waals surface area contributed by atoms with E-state index >= 15 is 0 Å². The standard InChI is InChI=1S/C17H17N3S/c1-2-7-16-14(4-1)5-3-6-15(16)13-21-11-10-20-17-12-18-8-9-19-17/h1-9,12H,10-11,13H2,(H,19,20). The minimum absolute atomic E-state index is 0.836. The number of hydrogen-bond donors (Lipinski definition) is 1. The second kappa shape index (κ2) is 7.09. The third kappa shape index (κ3) is 3.73. The number of fused-ring (bicyclic) bond motifs is 1. The number of benzene rings is 2. The Hall–Kier alpha value is -2.07. The molecule has 4 heteroatoms. The molecular formula is C17H17N3S. The molecule has 0 radical (unpaired) electrons. The number of aromatic nitrogens is 2. The molecule has 106 valence electrons. The van der Waals surface area contributed by atoms with E-state index in [0.29, 0.717) is 0 Å². The highest BCUT2D eigenvalue weighted by atomic mass is 32.2. The molecule has 1 heterocycles. The summed E-state index contributed by atoms with van der Waals surface area (Å²) in [5.41, 5.74) is 1.40. The lowest BCUT2D eigenvalue weighted by Crippen LogP contribution is -2.05. The molecule has 0 aliphatic carbocycles. The Kier molecular flexibility index (Phi) is 4.69. The van der Waals surface area contributed by atoms with Crippen molar-refractivity contribution in [1.29, 1.82) is 0 Å². The van der Waals surface area contributed by atoms with Gasteiger partial charge in [-0.2, -0.15) is 11.8 Å². The second-order valence-electron chi connectivity index (χ2n) is 4.71. The number of nitrogens with zero attached hydrogens (tertiary/aromatic N) is 2. The highest BCUT2D eigenvalue weighted by Crippen LogP contribution is 2.22. The number of anilines is 1. The highest BCUT2D eigenvalue weighted by molar-refractivity contribution is 7.98. The average Bonchev–Trinajstić information content (AvgIpc) is 2.56. The largest absolute Gasteiger partial charge is 0.368 e. The molecule has 0 aliphatic rings. The minimum atomic E-state index is 0.836. The third-order valence-electron chi connectivity index (χ3n) is 3.25. The first-order chi connectivity index (χ1) is 10.4. The molecule has 0 fully saturated rings. The topological polar surface area (TPSA) is 37.8 Å². The minimum Gasteiger partial charge on any atom is -0.368 e. The summed E-state index contributed by atoms with van der Waals surface area (Å²) in [6.45, 7) is 0.897. The van der Waals surface area contributed by atoms with Crippen LogP contribution in [0.3, 0.4) is 0 Å². The summed E-state index contributed by atoms with van der Waals surface area (Å²) in [7, 11) is 0. The lowest BCUT2D eigenvalue weighted by molar-refractivity contribution is 1.13. The van der Waals surface area contributed by atoms with E-state index in [0.717, 1.165) is 23.9 Å². The molecule has 0 spiro atoms. The van der Waals surface area contributed by atoms with Crippen LogP contribution in [0.4, 0.5) is 5.82 Å². The van der Waals surface area contributed by atoms with E-state index < -0.39 is 0 Å². The number of nitrogens with one attached hydrogen (secondary N) is 1. The first-order valence-electron chi connectivity index (χ1n) is 6.98. The highest BCUT2D eigenvalue weighted by Gasteiger charge is 2.00. The van der Waals surface area contributed by atoms with Crippen molar-refractivity contribution < 1.29 is 0 Å². The van der Waals surface area contributed by atoms with Crippen molar-refractivity contribution in [3.05, 3.63) is 66.6 Å². The molecule has 0 saturated carbocycles. The molecule has 0 amide bonds. The first kappa shape index (κ1) is 13.9. The summed E-state index contributed by atoms with van der Waals surface area (Å²) in [5.74, 6) is 2.91.